The number of nitrogens with one attached hydrogen (secondary N) is 1. The predicted octanol–water partition coefficient (Wildman–Crippen LogP) is 2.67. The lowest BCUT2D eigenvalue weighted by atomic mass is 10.1. The standard InChI is InChI=1S/C24H23FN6O3S/c1-34-21-5-3-2-4-19(21)29-10-12-30(13-11-29)22(32)15-35-24-27-26-23(33)20-14-18(28-31(20)24)16-6-8-17(25)9-7-16/h2-9,14H,10-13,15H2,1H3,(H,26,33). The highest BCUT2D eigenvalue weighted by molar-refractivity contribution is 7.99. The fourth-order valence-electron chi connectivity index (χ4n) is 4.05. The number of H-pyrrole nitrogens is 1. The van der Waals surface area contributed by atoms with Crippen LogP contribution in [0.25, 0.3) is 16.8 Å². The van der Waals surface area contributed by atoms with E-state index in [0.717, 1.165) is 11.4 Å². The van der Waals surface area contributed by atoms with Gasteiger partial charge in [0.1, 0.15) is 17.1 Å². The molecule has 5 rings (SSSR count). The number of fused-ring (bicyclic) bond motifs is 1. The molecule has 1 N–H and O–H groups in total. The van der Waals surface area contributed by atoms with E-state index in [1.165, 1.54) is 28.4 Å². The lowest BCUT2D eigenvalue weighted by Gasteiger charge is -2.36. The van der Waals surface area contributed by atoms with Crippen molar-refractivity contribution < 1.29 is 13.9 Å². The van der Waals surface area contributed by atoms with Crippen molar-refractivity contribution in [2.45, 2.75) is 5.16 Å². The summed E-state index contributed by atoms with van der Waals surface area (Å²) in [5.41, 5.74) is 2.12. The Morgan fingerprint density at radius 2 is 1.86 bits per heavy atom. The zero-order valence-corrected chi connectivity index (χ0v) is 19.8. The number of rotatable bonds is 6. The molecule has 1 aliphatic heterocycles. The molecule has 0 bridgehead atoms. The first-order chi connectivity index (χ1) is 17.0. The zero-order valence-electron chi connectivity index (χ0n) is 19.0. The Kier molecular flexibility index (Phi) is 6.41. The third-order valence-corrected chi connectivity index (χ3v) is 6.81. The topological polar surface area (TPSA) is 95.8 Å². The number of piperazine rings is 1. The van der Waals surface area contributed by atoms with Crippen LogP contribution in [0.2, 0.25) is 0 Å². The SMILES string of the molecule is COc1ccccc1N1CCN(C(=O)CSc2n[nH]c(=O)c3cc(-c4ccc(F)cc4)nn23)CC1. The van der Waals surface area contributed by atoms with E-state index in [4.69, 9.17) is 4.74 Å². The second kappa shape index (κ2) is 9.79. The molecular formula is C24H23FN6O3S. The maximum atomic E-state index is 13.3. The number of hydrogen-bond acceptors (Lipinski definition) is 7. The molecule has 0 saturated carbocycles. The number of aromatic amines is 1. The second-order valence-electron chi connectivity index (χ2n) is 8.00. The molecule has 11 heteroatoms. The molecule has 1 saturated heterocycles. The van der Waals surface area contributed by atoms with Crippen LogP contribution in [0.1, 0.15) is 0 Å². The lowest BCUT2D eigenvalue weighted by molar-refractivity contribution is -0.128. The predicted molar refractivity (Wildman–Crippen MR) is 132 cm³/mol. The smallest absolute Gasteiger partial charge is 0.290 e. The number of carbonyl (C=O) groups is 1. The van der Waals surface area contributed by atoms with Gasteiger partial charge in [0.05, 0.1) is 24.2 Å². The Morgan fingerprint density at radius 3 is 2.60 bits per heavy atom. The van der Waals surface area contributed by atoms with E-state index in [2.05, 4.69) is 20.2 Å². The molecule has 0 spiro atoms. The van der Waals surface area contributed by atoms with Crippen LogP contribution < -0.4 is 15.2 Å². The van der Waals surface area contributed by atoms with Crippen molar-refractivity contribution in [3.05, 3.63) is 70.8 Å². The Hall–Kier alpha value is -3.86. The monoisotopic (exact) mass is 494 g/mol. The molecule has 9 nitrogen and oxygen atoms in total. The number of methoxy groups -OCH3 is 1. The Bertz CT molecular complexity index is 1410. The van der Waals surface area contributed by atoms with Gasteiger partial charge in [0.15, 0.2) is 0 Å². The van der Waals surface area contributed by atoms with Gasteiger partial charge in [-0.2, -0.15) is 5.10 Å². The molecule has 1 aliphatic rings. The highest BCUT2D eigenvalue weighted by Gasteiger charge is 2.23. The van der Waals surface area contributed by atoms with Crippen LogP contribution in [-0.2, 0) is 4.79 Å². The van der Waals surface area contributed by atoms with Gasteiger partial charge >= 0.3 is 0 Å². The summed E-state index contributed by atoms with van der Waals surface area (Å²) >= 11 is 1.21. The van der Waals surface area contributed by atoms with Gasteiger partial charge < -0.3 is 14.5 Å². The van der Waals surface area contributed by atoms with Gasteiger partial charge in [-0.1, -0.05) is 23.9 Å². The number of hydrogen-bond donors (Lipinski definition) is 1. The molecule has 1 amide bonds. The van der Waals surface area contributed by atoms with E-state index in [1.807, 2.05) is 29.2 Å². The van der Waals surface area contributed by atoms with Crippen LogP contribution in [0, 0.1) is 5.82 Å². The van der Waals surface area contributed by atoms with Crippen LogP contribution in [0.3, 0.4) is 0 Å². The third kappa shape index (κ3) is 4.72. The van der Waals surface area contributed by atoms with E-state index >= 15 is 0 Å². The number of benzene rings is 2. The van der Waals surface area contributed by atoms with Crippen LogP contribution in [0.4, 0.5) is 10.1 Å². The summed E-state index contributed by atoms with van der Waals surface area (Å²) < 4.78 is 20.2. The molecule has 3 heterocycles. The van der Waals surface area contributed by atoms with Crippen molar-refractivity contribution in [1.29, 1.82) is 0 Å². The first-order valence-electron chi connectivity index (χ1n) is 11.1. The van der Waals surface area contributed by atoms with Crippen LogP contribution >= 0.6 is 11.8 Å². The normalized spacial score (nSPS) is 13.9. The first-order valence-corrected chi connectivity index (χ1v) is 12.0. The number of halogens is 1. The summed E-state index contributed by atoms with van der Waals surface area (Å²) in [6, 6.07) is 15.3. The summed E-state index contributed by atoms with van der Waals surface area (Å²) in [5, 5.41) is 11.4. The van der Waals surface area contributed by atoms with Gasteiger partial charge in [-0.3, -0.25) is 9.59 Å². The Labute approximate surface area is 204 Å². The zero-order chi connectivity index (χ0) is 24.4. The molecule has 180 valence electrons. The number of aromatic nitrogens is 4. The highest BCUT2D eigenvalue weighted by Crippen LogP contribution is 2.28. The Morgan fingerprint density at radius 1 is 1.11 bits per heavy atom. The summed E-state index contributed by atoms with van der Waals surface area (Å²) in [6.45, 7) is 2.61. The molecule has 2 aromatic heterocycles. The van der Waals surface area contributed by atoms with Gasteiger partial charge in [-0.05, 0) is 42.5 Å². The molecule has 1 fully saturated rings. The third-order valence-electron chi connectivity index (χ3n) is 5.90. The van der Waals surface area contributed by atoms with E-state index in [9.17, 15) is 14.0 Å². The van der Waals surface area contributed by atoms with Gasteiger partial charge in [0.25, 0.3) is 5.56 Å². The number of ether oxygens (including phenoxy) is 1. The first kappa shape index (κ1) is 22.9. The van der Waals surface area contributed by atoms with E-state index in [0.29, 0.717) is 48.1 Å². The number of thioether (sulfide) groups is 1. The highest BCUT2D eigenvalue weighted by atomic mass is 32.2. The summed E-state index contributed by atoms with van der Waals surface area (Å²) in [4.78, 5) is 29.2. The van der Waals surface area contributed by atoms with Crippen molar-refractivity contribution in [1.82, 2.24) is 24.7 Å². The van der Waals surface area contributed by atoms with E-state index in [1.54, 1.807) is 25.3 Å². The van der Waals surface area contributed by atoms with Crippen molar-refractivity contribution in [3.8, 4) is 17.0 Å². The van der Waals surface area contributed by atoms with Crippen molar-refractivity contribution in [2.24, 2.45) is 0 Å². The molecule has 2 aromatic carbocycles. The molecule has 0 unspecified atom stereocenters. The minimum Gasteiger partial charge on any atom is -0.495 e. The number of anilines is 1. The van der Waals surface area contributed by atoms with Gasteiger partial charge in [-0.25, -0.2) is 14.0 Å². The van der Waals surface area contributed by atoms with E-state index < -0.39 is 5.56 Å². The number of carbonyl (C=O) groups excluding carboxylic acids is 1. The molecule has 0 atom stereocenters. The van der Waals surface area contributed by atoms with Crippen molar-refractivity contribution >= 4 is 28.9 Å². The van der Waals surface area contributed by atoms with Crippen molar-refractivity contribution in [3.63, 3.8) is 0 Å². The average molecular weight is 495 g/mol. The van der Waals surface area contributed by atoms with Crippen LogP contribution in [0.5, 0.6) is 5.75 Å². The largest absolute Gasteiger partial charge is 0.495 e. The van der Waals surface area contributed by atoms with Gasteiger partial charge in [-0.15, -0.1) is 5.10 Å². The quantitative estimate of drug-likeness (QED) is 0.412. The molecule has 35 heavy (non-hydrogen) atoms. The minimum absolute atomic E-state index is 0.0123. The molecule has 4 aromatic rings. The maximum absolute atomic E-state index is 13.3. The maximum Gasteiger partial charge on any atom is 0.290 e. The average Bonchev–Trinajstić information content (AvgIpc) is 3.35. The Balaban J connectivity index is 1.26. The lowest BCUT2D eigenvalue weighted by Crippen LogP contribution is -2.49. The van der Waals surface area contributed by atoms with Gasteiger partial charge in [0.2, 0.25) is 11.1 Å². The van der Waals surface area contributed by atoms with Gasteiger partial charge in [0, 0.05) is 31.7 Å². The van der Waals surface area contributed by atoms with Crippen LogP contribution in [-0.4, -0.2) is 69.7 Å². The summed E-state index contributed by atoms with van der Waals surface area (Å²) in [6.07, 6.45) is 0. The fourth-order valence-corrected chi connectivity index (χ4v) is 4.86. The summed E-state index contributed by atoms with van der Waals surface area (Å²) in [5.74, 6) is 0.613. The number of amides is 1. The fraction of sp³-hybridized carbons (Fsp3) is 0.250. The van der Waals surface area contributed by atoms with Crippen molar-refractivity contribution in [2.75, 3.05) is 43.9 Å². The number of nitrogens with zero attached hydrogens (tertiary/aromatic N) is 5. The molecule has 0 aliphatic carbocycles. The second-order valence-corrected chi connectivity index (χ2v) is 8.94. The minimum atomic E-state index is -0.394. The number of para-hydroxylation sites is 2. The summed E-state index contributed by atoms with van der Waals surface area (Å²) in [7, 11) is 1.65. The molecule has 0 radical (unpaired) electrons. The molecular weight excluding hydrogens is 471 g/mol. The van der Waals surface area contributed by atoms with Crippen LogP contribution in [0.15, 0.2) is 64.5 Å². The van der Waals surface area contributed by atoms with E-state index in [-0.39, 0.29) is 17.5 Å².